The summed E-state index contributed by atoms with van der Waals surface area (Å²) in [6, 6.07) is 13.8. The van der Waals surface area contributed by atoms with E-state index in [1.165, 1.54) is 17.4 Å². The Morgan fingerprint density at radius 2 is 1.86 bits per heavy atom. The van der Waals surface area contributed by atoms with Crippen LogP contribution >= 0.6 is 0 Å². The molecule has 0 unspecified atom stereocenters. The molecule has 0 radical (unpaired) electrons. The molecule has 1 saturated heterocycles. The van der Waals surface area contributed by atoms with E-state index in [9.17, 15) is 12.8 Å². The summed E-state index contributed by atoms with van der Waals surface area (Å²) in [7, 11) is -1.98. The maximum absolute atomic E-state index is 14.9. The van der Waals surface area contributed by atoms with Gasteiger partial charge in [-0.05, 0) is 36.4 Å². The van der Waals surface area contributed by atoms with Crippen molar-refractivity contribution in [1.82, 2.24) is 15.0 Å². The number of para-hydroxylation sites is 2. The van der Waals surface area contributed by atoms with E-state index < -0.39 is 10.0 Å². The minimum atomic E-state index is -3.47. The van der Waals surface area contributed by atoms with Gasteiger partial charge in [-0.3, -0.25) is 4.31 Å². The van der Waals surface area contributed by atoms with E-state index >= 15 is 0 Å². The lowest BCUT2D eigenvalue weighted by molar-refractivity contribution is 0.122. The van der Waals surface area contributed by atoms with Crippen LogP contribution in [0.2, 0.25) is 0 Å². The molecule has 10 nitrogen and oxygen atoms in total. The van der Waals surface area contributed by atoms with Crippen LogP contribution in [-0.2, 0) is 14.8 Å². The van der Waals surface area contributed by atoms with Crippen LogP contribution in [-0.4, -0.2) is 63.0 Å². The molecular weight excluding hydrogens is 485 g/mol. The van der Waals surface area contributed by atoms with E-state index in [0.717, 1.165) is 6.26 Å². The number of hydrogen-bond donors (Lipinski definition) is 3. The lowest BCUT2D eigenvalue weighted by Gasteiger charge is -2.29. The second kappa shape index (κ2) is 9.63. The molecule has 2 aromatic carbocycles. The van der Waals surface area contributed by atoms with Gasteiger partial charge in [-0.25, -0.2) is 12.8 Å². The van der Waals surface area contributed by atoms with Gasteiger partial charge >= 0.3 is 0 Å². The van der Waals surface area contributed by atoms with Crippen LogP contribution in [0.5, 0.6) is 0 Å². The van der Waals surface area contributed by atoms with Crippen molar-refractivity contribution in [3.8, 4) is 0 Å². The molecule has 12 heteroatoms. The molecule has 0 amide bonds. The topological polar surface area (TPSA) is 115 Å². The zero-order valence-electron chi connectivity index (χ0n) is 19.8. The van der Waals surface area contributed by atoms with Gasteiger partial charge in [-0.15, -0.1) is 0 Å². The van der Waals surface area contributed by atoms with Crippen molar-refractivity contribution in [3.63, 3.8) is 0 Å². The molecule has 188 valence electrons. The summed E-state index contributed by atoms with van der Waals surface area (Å²) in [5.74, 6) is 0.363. The molecule has 2 aromatic heterocycles. The number of hydrogen-bond acceptors (Lipinski definition) is 8. The van der Waals surface area contributed by atoms with Gasteiger partial charge in [0.05, 0.1) is 41.9 Å². The molecule has 1 aliphatic heterocycles. The molecule has 3 N–H and O–H groups in total. The summed E-state index contributed by atoms with van der Waals surface area (Å²) >= 11 is 0. The smallest absolute Gasteiger partial charge is 0.232 e. The highest BCUT2D eigenvalue weighted by atomic mass is 32.2. The second-order valence-corrected chi connectivity index (χ2v) is 10.4. The van der Waals surface area contributed by atoms with E-state index in [0.29, 0.717) is 65.9 Å². The predicted molar refractivity (Wildman–Crippen MR) is 140 cm³/mol. The maximum atomic E-state index is 14.9. The van der Waals surface area contributed by atoms with Gasteiger partial charge in [-0.2, -0.15) is 9.97 Å². The Bertz CT molecular complexity index is 1500. The Balaban J connectivity index is 1.45. The molecule has 1 fully saturated rings. The van der Waals surface area contributed by atoms with Crippen LogP contribution in [0.3, 0.4) is 0 Å². The summed E-state index contributed by atoms with van der Waals surface area (Å²) in [5, 5.41) is 7.02. The SMILES string of the molecule is CN(c1ccccc1Nc1nc(Nc2ccc(N3CCOCC3)c(F)c2)nc2[nH]ccc12)S(C)(=O)=O. The number of H-pyrrole nitrogens is 1. The van der Waals surface area contributed by atoms with Gasteiger partial charge in [0.1, 0.15) is 17.3 Å². The molecule has 0 saturated carbocycles. The number of sulfonamides is 1. The molecule has 36 heavy (non-hydrogen) atoms. The molecular formula is C24H26FN7O3S. The van der Waals surface area contributed by atoms with Gasteiger partial charge in [0.15, 0.2) is 0 Å². The standard InChI is InChI=1S/C24H26FN7O3S/c1-31(36(2,33)34)21-6-4-3-5-19(21)28-23-17-9-10-26-22(17)29-24(30-23)27-16-7-8-20(18(25)15-16)32-11-13-35-14-12-32/h3-10,15H,11-14H2,1-2H3,(H3,26,27,28,29,30). The Labute approximate surface area is 208 Å². The number of benzene rings is 2. The summed E-state index contributed by atoms with van der Waals surface area (Å²) in [6.07, 6.45) is 2.88. The van der Waals surface area contributed by atoms with E-state index in [4.69, 9.17) is 4.74 Å². The lowest BCUT2D eigenvalue weighted by atomic mass is 10.2. The fourth-order valence-corrected chi connectivity index (χ4v) is 4.54. The summed E-state index contributed by atoms with van der Waals surface area (Å²) in [5.41, 5.74) is 2.61. The van der Waals surface area contributed by atoms with E-state index in [2.05, 4.69) is 25.6 Å². The van der Waals surface area contributed by atoms with Crippen LogP contribution in [0.15, 0.2) is 54.7 Å². The average molecular weight is 512 g/mol. The highest BCUT2D eigenvalue weighted by Gasteiger charge is 2.18. The molecule has 0 spiro atoms. The minimum absolute atomic E-state index is 0.250. The van der Waals surface area contributed by atoms with Crippen LogP contribution in [0.4, 0.5) is 38.9 Å². The molecule has 5 rings (SSSR count). The van der Waals surface area contributed by atoms with Gasteiger partial charge < -0.3 is 25.3 Å². The van der Waals surface area contributed by atoms with Crippen molar-refractivity contribution in [2.75, 3.05) is 59.4 Å². The number of halogens is 1. The van der Waals surface area contributed by atoms with Crippen molar-refractivity contribution >= 4 is 55.6 Å². The summed E-state index contributed by atoms with van der Waals surface area (Å²) in [4.78, 5) is 14.1. The Hall–Kier alpha value is -3.90. The van der Waals surface area contributed by atoms with Gasteiger partial charge in [-0.1, -0.05) is 12.1 Å². The summed E-state index contributed by atoms with van der Waals surface area (Å²) in [6.45, 7) is 2.42. The number of nitrogens with zero attached hydrogens (tertiary/aromatic N) is 4. The fourth-order valence-electron chi connectivity index (χ4n) is 4.03. The Morgan fingerprint density at radius 3 is 2.61 bits per heavy atom. The first-order valence-corrected chi connectivity index (χ1v) is 13.2. The maximum Gasteiger partial charge on any atom is 0.232 e. The second-order valence-electron chi connectivity index (χ2n) is 8.40. The minimum Gasteiger partial charge on any atom is -0.378 e. The number of rotatable bonds is 7. The lowest BCUT2D eigenvalue weighted by Crippen LogP contribution is -2.36. The van der Waals surface area contributed by atoms with Crippen LogP contribution < -0.4 is 19.8 Å². The predicted octanol–water partition coefficient (Wildman–Crippen LogP) is 3.82. The van der Waals surface area contributed by atoms with Gasteiger partial charge in [0.2, 0.25) is 16.0 Å². The molecule has 4 aromatic rings. The van der Waals surface area contributed by atoms with E-state index in [-0.39, 0.29) is 11.8 Å². The van der Waals surface area contributed by atoms with Crippen molar-refractivity contribution in [3.05, 3.63) is 60.5 Å². The molecule has 0 bridgehead atoms. The highest BCUT2D eigenvalue weighted by molar-refractivity contribution is 7.92. The van der Waals surface area contributed by atoms with Crippen LogP contribution in [0.1, 0.15) is 0 Å². The van der Waals surface area contributed by atoms with Crippen molar-refractivity contribution in [2.24, 2.45) is 0 Å². The number of aromatic amines is 1. The number of anilines is 6. The van der Waals surface area contributed by atoms with Crippen LogP contribution in [0.25, 0.3) is 11.0 Å². The Morgan fingerprint density at radius 1 is 1.08 bits per heavy atom. The average Bonchev–Trinajstić information content (AvgIpc) is 3.33. The van der Waals surface area contributed by atoms with Crippen molar-refractivity contribution in [1.29, 1.82) is 0 Å². The highest BCUT2D eigenvalue weighted by Crippen LogP contribution is 2.32. The first-order chi connectivity index (χ1) is 17.3. The third kappa shape index (κ3) is 4.90. The first-order valence-electron chi connectivity index (χ1n) is 11.3. The number of ether oxygens (including phenoxy) is 1. The third-order valence-electron chi connectivity index (χ3n) is 5.97. The van der Waals surface area contributed by atoms with Gasteiger partial charge in [0.25, 0.3) is 0 Å². The number of morpholine rings is 1. The van der Waals surface area contributed by atoms with Crippen molar-refractivity contribution < 1.29 is 17.5 Å². The van der Waals surface area contributed by atoms with Crippen molar-refractivity contribution in [2.45, 2.75) is 0 Å². The number of aromatic nitrogens is 3. The molecule has 0 atom stereocenters. The molecule has 0 aliphatic carbocycles. The van der Waals surface area contributed by atoms with E-state index in [1.807, 2.05) is 11.0 Å². The molecule has 1 aliphatic rings. The van der Waals surface area contributed by atoms with Crippen LogP contribution in [0, 0.1) is 5.82 Å². The monoisotopic (exact) mass is 511 g/mol. The quantitative estimate of drug-likeness (QED) is 0.343. The fraction of sp³-hybridized carbons (Fsp3) is 0.250. The largest absolute Gasteiger partial charge is 0.378 e. The zero-order valence-corrected chi connectivity index (χ0v) is 20.6. The van der Waals surface area contributed by atoms with E-state index in [1.54, 1.807) is 42.6 Å². The summed E-state index contributed by atoms with van der Waals surface area (Å²) < 4.78 is 45.7. The Kier molecular flexibility index (Phi) is 6.37. The normalized spacial score (nSPS) is 14.1. The number of fused-ring (bicyclic) bond motifs is 1. The van der Waals surface area contributed by atoms with Gasteiger partial charge in [0, 0.05) is 32.0 Å². The molecule has 3 heterocycles. The third-order valence-corrected chi connectivity index (χ3v) is 7.16. The number of nitrogens with one attached hydrogen (secondary N) is 3. The zero-order chi connectivity index (χ0) is 25.3. The first kappa shape index (κ1) is 23.8.